The number of carbonyl (C=O) groups is 2. The van der Waals surface area contributed by atoms with E-state index in [0.29, 0.717) is 34.8 Å². The van der Waals surface area contributed by atoms with E-state index >= 15 is 0 Å². The molecule has 11 heteroatoms. The van der Waals surface area contributed by atoms with Gasteiger partial charge in [-0.3, -0.25) is 9.59 Å². The van der Waals surface area contributed by atoms with Gasteiger partial charge < -0.3 is 39.7 Å². The second kappa shape index (κ2) is 12.6. The summed E-state index contributed by atoms with van der Waals surface area (Å²) in [5.74, 6) is -1.44. The van der Waals surface area contributed by atoms with Gasteiger partial charge in [0.1, 0.15) is 24.6 Å². The van der Waals surface area contributed by atoms with E-state index in [9.17, 15) is 29.3 Å². The molecule has 0 aromatic heterocycles. The molecule has 1 aliphatic carbocycles. The lowest BCUT2D eigenvalue weighted by Gasteiger charge is -2.40. The third-order valence-corrected chi connectivity index (χ3v) is 6.87. The molecule has 2 aliphatic rings. The molecule has 39 heavy (non-hydrogen) atoms. The maximum absolute atomic E-state index is 13.5. The summed E-state index contributed by atoms with van der Waals surface area (Å²) < 4.78 is 30.5. The average molecular weight is 545 g/mol. The van der Waals surface area contributed by atoms with Gasteiger partial charge in [0.05, 0.1) is 32.3 Å². The Hall–Kier alpha value is -3.51. The van der Waals surface area contributed by atoms with Crippen molar-refractivity contribution in [1.29, 1.82) is 0 Å². The van der Waals surface area contributed by atoms with E-state index in [-0.39, 0.29) is 38.5 Å². The Morgan fingerprint density at radius 3 is 2.54 bits per heavy atom. The summed E-state index contributed by atoms with van der Waals surface area (Å²) in [7, 11) is 1.45. The highest BCUT2D eigenvalue weighted by Gasteiger charge is 2.51. The molecule has 10 nitrogen and oxygen atoms in total. The van der Waals surface area contributed by atoms with Crippen LogP contribution in [-0.2, 0) is 27.5 Å². The number of hydrogen-bond donors (Lipinski definition) is 4. The van der Waals surface area contributed by atoms with Crippen LogP contribution in [0.5, 0.6) is 11.5 Å². The van der Waals surface area contributed by atoms with Gasteiger partial charge in [0.15, 0.2) is 11.5 Å². The van der Waals surface area contributed by atoms with Gasteiger partial charge >= 0.3 is 0 Å². The Morgan fingerprint density at radius 2 is 1.90 bits per heavy atom. The number of carbonyl (C=O) groups excluding carboxylic acids is 2. The highest BCUT2D eigenvalue weighted by molar-refractivity contribution is 5.96. The van der Waals surface area contributed by atoms with Crippen LogP contribution in [0.1, 0.15) is 29.5 Å². The molecule has 0 saturated heterocycles. The van der Waals surface area contributed by atoms with Gasteiger partial charge in [0.25, 0.3) is 0 Å². The molecule has 210 valence electrons. The summed E-state index contributed by atoms with van der Waals surface area (Å²) in [6, 6.07) is 7.93. The van der Waals surface area contributed by atoms with Crippen LogP contribution in [0.25, 0.3) is 0 Å². The van der Waals surface area contributed by atoms with E-state index in [2.05, 4.69) is 5.32 Å². The van der Waals surface area contributed by atoms with Gasteiger partial charge in [-0.1, -0.05) is 12.1 Å². The molecule has 0 saturated carbocycles. The molecule has 2 aromatic carbocycles. The third-order valence-electron chi connectivity index (χ3n) is 6.87. The average Bonchev–Trinajstić information content (AvgIpc) is 3.34. The minimum absolute atomic E-state index is 0.00292. The normalized spacial score (nSPS) is 21.3. The van der Waals surface area contributed by atoms with Crippen molar-refractivity contribution in [2.75, 3.05) is 33.5 Å². The van der Waals surface area contributed by atoms with Gasteiger partial charge in [-0.15, -0.1) is 0 Å². The van der Waals surface area contributed by atoms with Gasteiger partial charge in [-0.2, -0.15) is 0 Å². The maximum Gasteiger partial charge on any atom is 0.249 e. The predicted octanol–water partition coefficient (Wildman–Crippen LogP) is 1.01. The number of amides is 2. The van der Waals surface area contributed by atoms with Gasteiger partial charge in [0.2, 0.25) is 11.8 Å². The zero-order valence-corrected chi connectivity index (χ0v) is 21.8. The van der Waals surface area contributed by atoms with E-state index in [1.807, 2.05) is 0 Å². The van der Waals surface area contributed by atoms with Crippen LogP contribution < -0.4 is 14.8 Å². The second-order valence-corrected chi connectivity index (χ2v) is 9.30. The molecule has 4 atom stereocenters. The molecule has 4 rings (SSSR count). The van der Waals surface area contributed by atoms with Crippen LogP contribution in [0.4, 0.5) is 4.39 Å². The van der Waals surface area contributed by atoms with Gasteiger partial charge in [0, 0.05) is 30.8 Å². The van der Waals surface area contributed by atoms with Gasteiger partial charge in [-0.25, -0.2) is 4.39 Å². The van der Waals surface area contributed by atoms with Crippen LogP contribution in [0.15, 0.2) is 48.0 Å². The Kier molecular flexibility index (Phi) is 9.18. The number of methoxy groups -OCH3 is 1. The molecule has 0 radical (unpaired) electrons. The second-order valence-electron chi connectivity index (χ2n) is 9.30. The van der Waals surface area contributed by atoms with Crippen molar-refractivity contribution >= 4 is 11.8 Å². The molecule has 4 unspecified atom stereocenters. The summed E-state index contributed by atoms with van der Waals surface area (Å²) in [5, 5.41) is 33.3. The number of halogens is 1. The van der Waals surface area contributed by atoms with E-state index in [4.69, 9.17) is 14.2 Å². The van der Waals surface area contributed by atoms with E-state index in [1.165, 1.54) is 42.4 Å². The smallest absolute Gasteiger partial charge is 0.249 e. The Labute approximate surface area is 225 Å². The molecule has 4 N–H and O–H groups in total. The van der Waals surface area contributed by atoms with Crippen molar-refractivity contribution in [3.05, 3.63) is 70.6 Å². The lowest BCUT2D eigenvalue weighted by molar-refractivity contribution is -0.142. The number of nitrogens with zero attached hydrogens (tertiary/aromatic N) is 1. The number of aliphatic hydroxyl groups is 3. The summed E-state index contributed by atoms with van der Waals surface area (Å²) in [5.41, 5.74) is 1.93. The molecule has 1 heterocycles. The van der Waals surface area contributed by atoms with E-state index < -0.39 is 41.8 Å². The van der Waals surface area contributed by atoms with Crippen LogP contribution in [0.3, 0.4) is 0 Å². The molecule has 2 amide bonds. The highest BCUT2D eigenvalue weighted by Crippen LogP contribution is 2.51. The maximum atomic E-state index is 13.5. The molecular formula is C28H33FN2O8. The van der Waals surface area contributed by atoms with Crippen molar-refractivity contribution in [2.24, 2.45) is 0 Å². The number of rotatable bonds is 11. The van der Waals surface area contributed by atoms with Crippen molar-refractivity contribution in [1.82, 2.24) is 10.2 Å². The van der Waals surface area contributed by atoms with Crippen LogP contribution in [-0.4, -0.2) is 83.8 Å². The first-order chi connectivity index (χ1) is 18.8. The third kappa shape index (κ3) is 5.91. The number of benzene rings is 2. The fourth-order valence-corrected chi connectivity index (χ4v) is 5.04. The van der Waals surface area contributed by atoms with E-state index in [0.717, 1.165) is 0 Å². The largest absolute Gasteiger partial charge is 0.493 e. The summed E-state index contributed by atoms with van der Waals surface area (Å²) in [6.07, 6.45) is -0.712. The van der Waals surface area contributed by atoms with Crippen molar-refractivity contribution < 1.29 is 43.5 Å². The number of hydrogen-bond acceptors (Lipinski definition) is 8. The van der Waals surface area contributed by atoms with Crippen molar-refractivity contribution in [2.45, 2.75) is 44.2 Å². The Morgan fingerprint density at radius 1 is 1.15 bits per heavy atom. The quantitative estimate of drug-likeness (QED) is 0.329. The lowest BCUT2D eigenvalue weighted by Crippen LogP contribution is -2.56. The van der Waals surface area contributed by atoms with E-state index in [1.54, 1.807) is 19.1 Å². The Balaban J connectivity index is 1.80. The fraction of sp³-hybridized carbons (Fsp3) is 0.429. The molecule has 2 aromatic rings. The molecule has 1 aliphatic heterocycles. The summed E-state index contributed by atoms with van der Waals surface area (Å²) >= 11 is 0. The molecular weight excluding hydrogens is 511 g/mol. The SMILES string of the molecule is CCOCC(=O)N(Cc1ccc(F)cc1)C1C=C(C(=O)NCCO)C2c3cc(CO)cc(OC)c3OC2C1O. The summed E-state index contributed by atoms with van der Waals surface area (Å²) in [6.45, 7) is 1.24. The zero-order valence-electron chi connectivity index (χ0n) is 21.8. The minimum Gasteiger partial charge on any atom is -0.493 e. The molecule has 0 spiro atoms. The zero-order chi connectivity index (χ0) is 28.1. The first kappa shape index (κ1) is 28.5. The number of nitrogens with one attached hydrogen (secondary N) is 1. The number of aliphatic hydroxyl groups excluding tert-OH is 3. The standard InChI is InChI=1S/C28H33FN2O8/c1-3-38-15-23(34)31(13-16-4-6-18(29)7-5-16)21-12-20(28(36)30-8-9-32)24-19-10-17(14-33)11-22(37-2)26(19)39-27(24)25(21)35/h4-7,10-12,21,24-25,27,32-33,35H,3,8-9,13-15H2,1-2H3,(H,30,36). The number of fused-ring (bicyclic) bond motifs is 3. The highest BCUT2D eigenvalue weighted by atomic mass is 19.1. The first-order valence-electron chi connectivity index (χ1n) is 12.7. The fourth-order valence-electron chi connectivity index (χ4n) is 5.04. The van der Waals surface area contributed by atoms with Gasteiger partial charge in [-0.05, 0) is 48.4 Å². The monoisotopic (exact) mass is 544 g/mol. The molecule has 0 bridgehead atoms. The topological polar surface area (TPSA) is 138 Å². The summed E-state index contributed by atoms with van der Waals surface area (Å²) in [4.78, 5) is 28.1. The van der Waals surface area contributed by atoms with Crippen molar-refractivity contribution in [3.8, 4) is 11.5 Å². The van der Waals surface area contributed by atoms with Crippen LogP contribution in [0, 0.1) is 5.82 Å². The lowest BCUT2D eigenvalue weighted by atomic mass is 9.77. The van der Waals surface area contributed by atoms with Crippen LogP contribution in [0.2, 0.25) is 0 Å². The predicted molar refractivity (Wildman–Crippen MR) is 137 cm³/mol. The number of ether oxygens (including phenoxy) is 3. The first-order valence-corrected chi connectivity index (χ1v) is 12.7. The Bertz CT molecular complexity index is 1220. The van der Waals surface area contributed by atoms with Crippen LogP contribution >= 0.6 is 0 Å². The molecule has 0 fully saturated rings. The minimum atomic E-state index is -1.27. The van der Waals surface area contributed by atoms with Crippen molar-refractivity contribution in [3.63, 3.8) is 0 Å².